The van der Waals surface area contributed by atoms with Gasteiger partial charge in [-0.3, -0.25) is 9.27 Å². The SMILES string of the molecule is O=S(=O)(O)c1ccc(NS(=O)(=O)c2ccccc2)cc1. The van der Waals surface area contributed by atoms with E-state index in [-0.39, 0.29) is 15.5 Å². The third kappa shape index (κ3) is 3.35. The smallest absolute Gasteiger partial charge is 0.282 e. The molecule has 0 aromatic heterocycles. The molecule has 0 amide bonds. The van der Waals surface area contributed by atoms with Crippen LogP contribution in [-0.2, 0) is 20.1 Å². The highest BCUT2D eigenvalue weighted by molar-refractivity contribution is 7.92. The van der Waals surface area contributed by atoms with Crippen molar-refractivity contribution in [2.45, 2.75) is 9.79 Å². The van der Waals surface area contributed by atoms with Crippen molar-refractivity contribution in [3.63, 3.8) is 0 Å². The molecule has 0 saturated heterocycles. The minimum Gasteiger partial charge on any atom is -0.282 e. The summed E-state index contributed by atoms with van der Waals surface area (Å²) in [5.41, 5.74) is 0.196. The van der Waals surface area contributed by atoms with Crippen LogP contribution in [0.3, 0.4) is 0 Å². The van der Waals surface area contributed by atoms with Gasteiger partial charge in [-0.05, 0) is 36.4 Å². The van der Waals surface area contributed by atoms with Gasteiger partial charge in [-0.1, -0.05) is 18.2 Å². The molecule has 0 radical (unpaired) electrons. The Balaban J connectivity index is 2.27. The number of benzene rings is 2. The molecular weight excluding hydrogens is 302 g/mol. The van der Waals surface area contributed by atoms with Crippen molar-refractivity contribution >= 4 is 25.8 Å². The summed E-state index contributed by atoms with van der Waals surface area (Å²) in [4.78, 5) is -0.209. The van der Waals surface area contributed by atoms with E-state index in [1.807, 2.05) is 0 Å². The van der Waals surface area contributed by atoms with E-state index in [0.717, 1.165) is 12.1 Å². The second kappa shape index (κ2) is 5.23. The van der Waals surface area contributed by atoms with E-state index >= 15 is 0 Å². The standard InChI is InChI=1S/C12H11NO5S2/c14-19(15,11-4-2-1-3-5-11)13-10-6-8-12(9-7-10)20(16,17)18/h1-9,13H,(H,16,17,18). The van der Waals surface area contributed by atoms with E-state index < -0.39 is 20.1 Å². The summed E-state index contributed by atoms with van der Waals surface area (Å²) in [5.74, 6) is 0. The lowest BCUT2D eigenvalue weighted by molar-refractivity contribution is 0.483. The maximum atomic E-state index is 12.0. The molecule has 0 spiro atoms. The topological polar surface area (TPSA) is 101 Å². The van der Waals surface area contributed by atoms with E-state index in [2.05, 4.69) is 4.72 Å². The van der Waals surface area contributed by atoms with Crippen LogP contribution in [-0.4, -0.2) is 21.4 Å². The van der Waals surface area contributed by atoms with Gasteiger partial charge < -0.3 is 0 Å². The molecule has 0 bridgehead atoms. The van der Waals surface area contributed by atoms with Gasteiger partial charge in [-0.15, -0.1) is 0 Å². The van der Waals surface area contributed by atoms with Gasteiger partial charge >= 0.3 is 0 Å². The Morgan fingerprint density at radius 1 is 0.750 bits per heavy atom. The van der Waals surface area contributed by atoms with E-state index in [9.17, 15) is 16.8 Å². The second-order valence-electron chi connectivity index (χ2n) is 3.92. The highest BCUT2D eigenvalue weighted by Crippen LogP contribution is 2.18. The zero-order valence-electron chi connectivity index (χ0n) is 10.1. The number of sulfonamides is 1. The molecule has 6 nitrogen and oxygen atoms in total. The molecule has 0 aliphatic carbocycles. The Hall–Kier alpha value is -1.90. The van der Waals surface area contributed by atoms with Gasteiger partial charge in [0.15, 0.2) is 0 Å². The summed E-state index contributed by atoms with van der Waals surface area (Å²) in [5, 5.41) is 0. The number of rotatable bonds is 4. The molecule has 106 valence electrons. The molecule has 2 aromatic rings. The number of nitrogens with one attached hydrogen (secondary N) is 1. The van der Waals surface area contributed by atoms with Gasteiger partial charge in [0.2, 0.25) is 0 Å². The zero-order valence-corrected chi connectivity index (χ0v) is 11.7. The van der Waals surface area contributed by atoms with Crippen LogP contribution in [0.2, 0.25) is 0 Å². The molecule has 8 heteroatoms. The molecule has 2 aromatic carbocycles. The van der Waals surface area contributed by atoms with Crippen molar-refractivity contribution in [2.24, 2.45) is 0 Å². The minimum absolute atomic E-state index is 0.0962. The van der Waals surface area contributed by atoms with Gasteiger partial charge in [0.1, 0.15) is 0 Å². The summed E-state index contributed by atoms with van der Waals surface area (Å²) in [7, 11) is -8.02. The Morgan fingerprint density at radius 2 is 1.30 bits per heavy atom. The van der Waals surface area contributed by atoms with Crippen LogP contribution in [0.4, 0.5) is 5.69 Å². The molecule has 0 fully saturated rings. The van der Waals surface area contributed by atoms with E-state index in [1.54, 1.807) is 18.2 Å². The highest BCUT2D eigenvalue weighted by Gasteiger charge is 2.14. The summed E-state index contributed by atoms with van der Waals surface area (Å²) in [6.07, 6.45) is 0. The third-order valence-corrected chi connectivity index (χ3v) is 4.72. The first-order chi connectivity index (χ1) is 9.29. The van der Waals surface area contributed by atoms with Crippen LogP contribution in [0.15, 0.2) is 64.4 Å². The molecule has 2 N–H and O–H groups in total. The van der Waals surface area contributed by atoms with Crippen molar-refractivity contribution in [3.8, 4) is 0 Å². The largest absolute Gasteiger partial charge is 0.294 e. The first-order valence-electron chi connectivity index (χ1n) is 5.44. The van der Waals surface area contributed by atoms with Crippen LogP contribution in [0.1, 0.15) is 0 Å². The molecule has 20 heavy (non-hydrogen) atoms. The van der Waals surface area contributed by atoms with Crippen LogP contribution in [0.25, 0.3) is 0 Å². The van der Waals surface area contributed by atoms with Crippen molar-refractivity contribution in [1.82, 2.24) is 0 Å². The van der Waals surface area contributed by atoms with Gasteiger partial charge in [0.05, 0.1) is 9.79 Å². The molecule has 0 unspecified atom stereocenters. The predicted octanol–water partition coefficient (Wildman–Crippen LogP) is 1.73. The summed E-state index contributed by atoms with van der Waals surface area (Å²) >= 11 is 0. The fraction of sp³-hybridized carbons (Fsp3) is 0. The normalized spacial score (nSPS) is 12.1. The Morgan fingerprint density at radius 3 is 1.80 bits per heavy atom. The maximum Gasteiger partial charge on any atom is 0.294 e. The van der Waals surface area contributed by atoms with Crippen LogP contribution < -0.4 is 4.72 Å². The van der Waals surface area contributed by atoms with Gasteiger partial charge in [0, 0.05) is 5.69 Å². The average Bonchev–Trinajstić information content (AvgIpc) is 2.39. The molecule has 2 rings (SSSR count). The Kier molecular flexibility index (Phi) is 3.80. The van der Waals surface area contributed by atoms with Crippen LogP contribution in [0.5, 0.6) is 0 Å². The monoisotopic (exact) mass is 313 g/mol. The van der Waals surface area contributed by atoms with Crippen molar-refractivity contribution in [1.29, 1.82) is 0 Å². The number of hydrogen-bond acceptors (Lipinski definition) is 4. The summed E-state index contributed by atoms with van der Waals surface area (Å²) in [6.45, 7) is 0. The van der Waals surface area contributed by atoms with Gasteiger partial charge in [0.25, 0.3) is 20.1 Å². The van der Waals surface area contributed by atoms with Gasteiger partial charge in [-0.2, -0.15) is 8.42 Å². The highest BCUT2D eigenvalue weighted by atomic mass is 32.2. The fourth-order valence-electron chi connectivity index (χ4n) is 1.51. The molecule has 0 heterocycles. The Labute approximate surface area is 116 Å². The second-order valence-corrected chi connectivity index (χ2v) is 7.02. The lowest BCUT2D eigenvalue weighted by Gasteiger charge is -2.08. The fourth-order valence-corrected chi connectivity index (χ4v) is 3.07. The first-order valence-corrected chi connectivity index (χ1v) is 8.37. The molecule has 0 saturated carbocycles. The van der Waals surface area contributed by atoms with Gasteiger partial charge in [-0.25, -0.2) is 8.42 Å². The molecule has 0 aliphatic heterocycles. The lowest BCUT2D eigenvalue weighted by Crippen LogP contribution is -2.12. The third-order valence-electron chi connectivity index (χ3n) is 2.46. The van der Waals surface area contributed by atoms with E-state index in [1.165, 1.54) is 24.3 Å². The summed E-state index contributed by atoms with van der Waals surface area (Å²) < 4.78 is 56.9. The predicted molar refractivity (Wildman–Crippen MR) is 73.5 cm³/mol. The molecular formula is C12H11NO5S2. The van der Waals surface area contributed by atoms with Crippen molar-refractivity contribution in [3.05, 3.63) is 54.6 Å². The van der Waals surface area contributed by atoms with E-state index in [4.69, 9.17) is 4.55 Å². The van der Waals surface area contributed by atoms with Crippen molar-refractivity contribution in [2.75, 3.05) is 4.72 Å². The first kappa shape index (κ1) is 14.5. The summed E-state index contributed by atoms with van der Waals surface area (Å²) in [6, 6.07) is 12.5. The lowest BCUT2D eigenvalue weighted by atomic mass is 10.3. The van der Waals surface area contributed by atoms with Crippen LogP contribution >= 0.6 is 0 Å². The quantitative estimate of drug-likeness (QED) is 0.837. The molecule has 0 aliphatic rings. The minimum atomic E-state index is -4.29. The zero-order chi connectivity index (χ0) is 14.8. The maximum absolute atomic E-state index is 12.0. The van der Waals surface area contributed by atoms with Crippen LogP contribution in [0, 0.1) is 0 Å². The number of hydrogen-bond donors (Lipinski definition) is 2. The molecule has 0 atom stereocenters. The average molecular weight is 313 g/mol. The van der Waals surface area contributed by atoms with E-state index in [0.29, 0.717) is 0 Å². The van der Waals surface area contributed by atoms with Crippen molar-refractivity contribution < 1.29 is 21.4 Å². The Bertz CT molecular complexity index is 797. The number of anilines is 1.